The number of anilines is 1. The fourth-order valence-corrected chi connectivity index (χ4v) is 2.35. The van der Waals surface area contributed by atoms with Gasteiger partial charge in [-0.25, -0.2) is 18.4 Å². The molecule has 0 fully saturated rings. The van der Waals surface area contributed by atoms with E-state index in [1.165, 1.54) is 18.2 Å². The van der Waals surface area contributed by atoms with Gasteiger partial charge in [0, 0.05) is 24.6 Å². The van der Waals surface area contributed by atoms with E-state index in [9.17, 15) is 13.2 Å². The Morgan fingerprint density at radius 2 is 2.05 bits per heavy atom. The van der Waals surface area contributed by atoms with E-state index < -0.39 is 16.1 Å². The van der Waals surface area contributed by atoms with Gasteiger partial charge >= 0.3 is 6.03 Å². The summed E-state index contributed by atoms with van der Waals surface area (Å²) < 4.78 is 22.5. The molecule has 7 nitrogen and oxygen atoms in total. The van der Waals surface area contributed by atoms with Crippen LogP contribution in [0.5, 0.6) is 0 Å². The Morgan fingerprint density at radius 1 is 1.23 bits per heavy atom. The second-order valence-corrected chi connectivity index (χ2v) is 6.13. The third kappa shape index (κ3) is 4.83. The molecule has 0 bridgehead atoms. The lowest BCUT2D eigenvalue weighted by atomic mass is 10.2. The van der Waals surface area contributed by atoms with E-state index in [1.807, 2.05) is 12.1 Å². The van der Waals surface area contributed by atoms with E-state index >= 15 is 0 Å². The predicted octanol–water partition coefficient (Wildman–Crippen LogP) is 1.09. The van der Waals surface area contributed by atoms with E-state index in [1.54, 1.807) is 18.5 Å². The van der Waals surface area contributed by atoms with E-state index in [0.717, 1.165) is 5.56 Å². The van der Waals surface area contributed by atoms with Crippen LogP contribution in [0.25, 0.3) is 0 Å². The van der Waals surface area contributed by atoms with E-state index in [-0.39, 0.29) is 4.90 Å². The topological polar surface area (TPSA) is 114 Å². The molecule has 1 heterocycles. The maximum Gasteiger partial charge on any atom is 0.319 e. The van der Waals surface area contributed by atoms with Crippen molar-refractivity contribution in [2.45, 2.75) is 11.3 Å². The molecule has 1 aromatic heterocycles. The molecule has 0 aliphatic heterocycles. The highest BCUT2D eigenvalue weighted by Crippen LogP contribution is 2.13. The van der Waals surface area contributed by atoms with Crippen LogP contribution in [-0.4, -0.2) is 26.0 Å². The SMILES string of the molecule is NS(=O)(=O)c1cccc(NC(=O)NCCc2cccnc2)c1. The molecule has 0 unspecified atom stereocenters. The van der Waals surface area contributed by atoms with Gasteiger partial charge in [-0.15, -0.1) is 0 Å². The van der Waals surface area contributed by atoms with Gasteiger partial charge < -0.3 is 10.6 Å². The van der Waals surface area contributed by atoms with Gasteiger partial charge in [-0.1, -0.05) is 12.1 Å². The van der Waals surface area contributed by atoms with Crippen LogP contribution in [0.3, 0.4) is 0 Å². The van der Waals surface area contributed by atoms with Gasteiger partial charge in [0.15, 0.2) is 0 Å². The highest BCUT2D eigenvalue weighted by atomic mass is 32.2. The van der Waals surface area contributed by atoms with Gasteiger partial charge in [0.25, 0.3) is 0 Å². The lowest BCUT2D eigenvalue weighted by Crippen LogP contribution is -2.30. The third-order valence-electron chi connectivity index (χ3n) is 2.84. The van der Waals surface area contributed by atoms with Gasteiger partial charge in [-0.3, -0.25) is 4.98 Å². The average molecular weight is 320 g/mol. The Labute approximate surface area is 128 Å². The summed E-state index contributed by atoms with van der Waals surface area (Å²) in [4.78, 5) is 15.7. The number of amides is 2. The first kappa shape index (κ1) is 15.9. The Hall–Kier alpha value is -2.45. The quantitative estimate of drug-likeness (QED) is 0.765. The molecule has 0 radical (unpaired) electrons. The van der Waals surface area contributed by atoms with Gasteiger partial charge in [-0.05, 0) is 36.2 Å². The lowest BCUT2D eigenvalue weighted by Gasteiger charge is -2.08. The number of benzene rings is 1. The second-order valence-electron chi connectivity index (χ2n) is 4.57. The molecule has 1 aromatic carbocycles. The molecule has 22 heavy (non-hydrogen) atoms. The summed E-state index contributed by atoms with van der Waals surface area (Å²) in [6.07, 6.45) is 4.07. The zero-order valence-corrected chi connectivity index (χ0v) is 12.5. The number of nitrogens with zero attached hydrogens (tertiary/aromatic N) is 1. The first-order valence-corrected chi connectivity index (χ1v) is 8.06. The van der Waals surface area contributed by atoms with Crippen molar-refractivity contribution >= 4 is 21.7 Å². The van der Waals surface area contributed by atoms with Gasteiger partial charge in [0.05, 0.1) is 4.90 Å². The maximum absolute atomic E-state index is 11.7. The summed E-state index contributed by atoms with van der Waals surface area (Å²) >= 11 is 0. The maximum atomic E-state index is 11.7. The van der Waals surface area contributed by atoms with Crippen molar-refractivity contribution in [3.05, 3.63) is 54.4 Å². The second kappa shape index (κ2) is 7.01. The summed E-state index contributed by atoms with van der Waals surface area (Å²) in [7, 11) is -3.79. The number of pyridine rings is 1. The number of rotatable bonds is 5. The van der Waals surface area contributed by atoms with Crippen LogP contribution in [0, 0.1) is 0 Å². The number of primary sulfonamides is 1. The third-order valence-corrected chi connectivity index (χ3v) is 3.75. The largest absolute Gasteiger partial charge is 0.338 e. The summed E-state index contributed by atoms with van der Waals surface area (Å²) in [5.74, 6) is 0. The molecular formula is C14H16N4O3S. The minimum Gasteiger partial charge on any atom is -0.338 e. The summed E-state index contributed by atoms with van der Waals surface area (Å²) in [6.45, 7) is 0.437. The van der Waals surface area contributed by atoms with Crippen molar-refractivity contribution in [3.8, 4) is 0 Å². The van der Waals surface area contributed by atoms with Crippen molar-refractivity contribution < 1.29 is 13.2 Å². The standard InChI is InChI=1S/C14H16N4O3S/c15-22(20,21)13-5-1-4-12(9-13)18-14(19)17-8-6-11-3-2-7-16-10-11/h1-5,7,9-10H,6,8H2,(H2,15,20,21)(H2,17,18,19). The van der Waals surface area contributed by atoms with E-state index in [4.69, 9.17) is 5.14 Å². The molecule has 0 saturated carbocycles. The zero-order chi connectivity index (χ0) is 16.0. The van der Waals surface area contributed by atoms with Crippen molar-refractivity contribution in [2.24, 2.45) is 5.14 Å². The van der Waals surface area contributed by atoms with Crippen LogP contribution in [-0.2, 0) is 16.4 Å². The van der Waals surface area contributed by atoms with Crippen molar-refractivity contribution in [2.75, 3.05) is 11.9 Å². The van der Waals surface area contributed by atoms with Gasteiger partial charge in [0.2, 0.25) is 10.0 Å². The van der Waals surface area contributed by atoms with Gasteiger partial charge in [-0.2, -0.15) is 0 Å². The predicted molar refractivity (Wildman–Crippen MR) is 82.8 cm³/mol. The average Bonchev–Trinajstić information content (AvgIpc) is 2.48. The number of hydrogen-bond donors (Lipinski definition) is 3. The molecular weight excluding hydrogens is 304 g/mol. The molecule has 0 spiro atoms. The molecule has 0 saturated heterocycles. The number of carbonyl (C=O) groups excluding carboxylic acids is 1. The molecule has 2 aromatic rings. The monoisotopic (exact) mass is 320 g/mol. The van der Waals surface area contributed by atoms with Crippen LogP contribution in [0.4, 0.5) is 10.5 Å². The summed E-state index contributed by atoms with van der Waals surface area (Å²) in [5, 5.41) is 10.3. The van der Waals surface area contributed by atoms with Crippen LogP contribution in [0.2, 0.25) is 0 Å². The molecule has 2 amide bonds. The number of carbonyl (C=O) groups is 1. The lowest BCUT2D eigenvalue weighted by molar-refractivity contribution is 0.252. The zero-order valence-electron chi connectivity index (χ0n) is 11.7. The molecule has 0 aliphatic rings. The number of sulfonamides is 1. The van der Waals surface area contributed by atoms with Gasteiger partial charge in [0.1, 0.15) is 0 Å². The Kier molecular flexibility index (Phi) is 5.08. The number of hydrogen-bond acceptors (Lipinski definition) is 4. The fraction of sp³-hybridized carbons (Fsp3) is 0.143. The Morgan fingerprint density at radius 3 is 2.73 bits per heavy atom. The number of urea groups is 1. The number of aromatic nitrogens is 1. The summed E-state index contributed by atoms with van der Waals surface area (Å²) in [5.41, 5.74) is 1.37. The first-order valence-electron chi connectivity index (χ1n) is 6.52. The molecule has 0 aliphatic carbocycles. The highest BCUT2D eigenvalue weighted by Gasteiger charge is 2.09. The van der Waals surface area contributed by atoms with E-state index in [2.05, 4.69) is 15.6 Å². The van der Waals surface area contributed by atoms with E-state index in [0.29, 0.717) is 18.7 Å². The molecule has 0 atom stereocenters. The first-order chi connectivity index (χ1) is 10.4. The molecule has 8 heteroatoms. The summed E-state index contributed by atoms with van der Waals surface area (Å²) in [6, 6.07) is 9.07. The molecule has 4 N–H and O–H groups in total. The Balaban J connectivity index is 1.87. The van der Waals surface area contributed by atoms with Crippen LogP contribution >= 0.6 is 0 Å². The van der Waals surface area contributed by atoms with Crippen molar-refractivity contribution in [1.82, 2.24) is 10.3 Å². The minimum absolute atomic E-state index is 0.0549. The van der Waals surface area contributed by atoms with Crippen molar-refractivity contribution in [1.29, 1.82) is 0 Å². The normalized spacial score (nSPS) is 11.0. The Bertz CT molecular complexity index is 748. The minimum atomic E-state index is -3.79. The van der Waals surface area contributed by atoms with Crippen LogP contribution in [0.15, 0.2) is 53.7 Å². The number of nitrogens with one attached hydrogen (secondary N) is 2. The van der Waals surface area contributed by atoms with Crippen molar-refractivity contribution in [3.63, 3.8) is 0 Å². The van der Waals surface area contributed by atoms with Crippen LogP contribution < -0.4 is 15.8 Å². The molecule has 2 rings (SSSR count). The smallest absolute Gasteiger partial charge is 0.319 e. The van der Waals surface area contributed by atoms with Crippen LogP contribution in [0.1, 0.15) is 5.56 Å². The highest BCUT2D eigenvalue weighted by molar-refractivity contribution is 7.89. The fourth-order valence-electron chi connectivity index (χ4n) is 1.79. The molecule has 116 valence electrons. The number of nitrogens with two attached hydrogens (primary N) is 1.